The Balaban J connectivity index is 2.07. The van der Waals surface area contributed by atoms with E-state index in [1.807, 2.05) is 32.4 Å². The molecule has 1 aromatic heterocycles. The molecule has 1 heterocycles. The predicted molar refractivity (Wildman–Crippen MR) is 77.0 cm³/mol. The van der Waals surface area contributed by atoms with Crippen molar-refractivity contribution in [3.63, 3.8) is 0 Å². The third kappa shape index (κ3) is 3.00. The van der Waals surface area contributed by atoms with Gasteiger partial charge in [0.15, 0.2) is 0 Å². The van der Waals surface area contributed by atoms with Crippen molar-refractivity contribution >= 4 is 11.4 Å². The first-order valence-electron chi connectivity index (χ1n) is 6.10. The molecule has 3 heteroatoms. The largest absolute Gasteiger partial charge is 0.378 e. The lowest BCUT2D eigenvalue weighted by molar-refractivity contribution is 0.882. The lowest BCUT2D eigenvalue weighted by atomic mass is 10.1. The first-order valence-corrected chi connectivity index (χ1v) is 6.10. The van der Waals surface area contributed by atoms with E-state index in [1.54, 1.807) is 6.20 Å². The summed E-state index contributed by atoms with van der Waals surface area (Å²) in [6, 6.07) is 12.8. The molecule has 0 aliphatic heterocycles. The van der Waals surface area contributed by atoms with Crippen LogP contribution < -0.4 is 10.2 Å². The monoisotopic (exact) mass is 241 g/mol. The second-order valence-electron chi connectivity index (χ2n) is 4.59. The molecule has 1 atom stereocenters. The molecule has 0 radical (unpaired) electrons. The first-order chi connectivity index (χ1) is 8.66. The summed E-state index contributed by atoms with van der Waals surface area (Å²) < 4.78 is 0. The van der Waals surface area contributed by atoms with Crippen LogP contribution in [0.25, 0.3) is 0 Å². The third-order valence-corrected chi connectivity index (χ3v) is 2.95. The van der Waals surface area contributed by atoms with Gasteiger partial charge in [-0.25, -0.2) is 0 Å². The number of benzene rings is 1. The van der Waals surface area contributed by atoms with Crippen molar-refractivity contribution in [2.45, 2.75) is 13.0 Å². The van der Waals surface area contributed by atoms with E-state index in [0.717, 1.165) is 5.69 Å². The zero-order valence-electron chi connectivity index (χ0n) is 11.1. The van der Waals surface area contributed by atoms with E-state index in [1.165, 1.54) is 11.3 Å². The fourth-order valence-electron chi connectivity index (χ4n) is 1.84. The van der Waals surface area contributed by atoms with Gasteiger partial charge in [0.2, 0.25) is 0 Å². The minimum absolute atomic E-state index is 0.269. The van der Waals surface area contributed by atoms with E-state index in [-0.39, 0.29) is 6.04 Å². The second-order valence-corrected chi connectivity index (χ2v) is 4.59. The Bertz CT molecular complexity index is 477. The maximum absolute atomic E-state index is 4.10. The third-order valence-electron chi connectivity index (χ3n) is 2.95. The summed E-state index contributed by atoms with van der Waals surface area (Å²) in [6.45, 7) is 2.15. The molecule has 94 valence electrons. The number of hydrogen-bond donors (Lipinski definition) is 1. The Kier molecular flexibility index (Phi) is 3.82. The van der Waals surface area contributed by atoms with Crippen molar-refractivity contribution < 1.29 is 0 Å². The SMILES string of the molecule is CC(Nc1cccnc1)c1ccc(N(C)C)cc1. The first kappa shape index (κ1) is 12.4. The zero-order valence-corrected chi connectivity index (χ0v) is 11.1. The summed E-state index contributed by atoms with van der Waals surface area (Å²) in [4.78, 5) is 6.20. The fraction of sp³-hybridized carbons (Fsp3) is 0.267. The van der Waals surface area contributed by atoms with Gasteiger partial charge in [-0.1, -0.05) is 12.1 Å². The van der Waals surface area contributed by atoms with Gasteiger partial charge in [0.05, 0.1) is 5.69 Å². The van der Waals surface area contributed by atoms with Crippen LogP contribution in [0.3, 0.4) is 0 Å². The van der Waals surface area contributed by atoms with Gasteiger partial charge < -0.3 is 10.2 Å². The maximum atomic E-state index is 4.10. The molecule has 1 N–H and O–H groups in total. The van der Waals surface area contributed by atoms with Gasteiger partial charge in [0.1, 0.15) is 0 Å². The number of pyridine rings is 1. The number of nitrogens with zero attached hydrogens (tertiary/aromatic N) is 2. The van der Waals surface area contributed by atoms with Crippen LogP contribution in [0.2, 0.25) is 0 Å². The summed E-state index contributed by atoms with van der Waals surface area (Å²) in [5.41, 5.74) is 3.53. The van der Waals surface area contributed by atoms with E-state index < -0.39 is 0 Å². The molecule has 0 fully saturated rings. The Morgan fingerprint density at radius 1 is 1.11 bits per heavy atom. The van der Waals surface area contributed by atoms with Crippen LogP contribution in [0.4, 0.5) is 11.4 Å². The Morgan fingerprint density at radius 3 is 2.39 bits per heavy atom. The van der Waals surface area contributed by atoms with E-state index in [0.29, 0.717) is 0 Å². The summed E-state index contributed by atoms with van der Waals surface area (Å²) >= 11 is 0. The Labute approximate surface area is 108 Å². The van der Waals surface area contributed by atoms with Crippen LogP contribution in [0, 0.1) is 0 Å². The van der Waals surface area contributed by atoms with Gasteiger partial charge in [-0.05, 0) is 36.8 Å². The van der Waals surface area contributed by atoms with Crippen molar-refractivity contribution in [1.82, 2.24) is 4.98 Å². The molecule has 2 aromatic rings. The predicted octanol–water partition coefficient (Wildman–Crippen LogP) is 3.32. The summed E-state index contributed by atoms with van der Waals surface area (Å²) in [5.74, 6) is 0. The molecule has 1 unspecified atom stereocenters. The average Bonchev–Trinajstić information content (AvgIpc) is 2.40. The molecule has 0 aliphatic rings. The van der Waals surface area contributed by atoms with Crippen LogP contribution in [-0.4, -0.2) is 19.1 Å². The Hall–Kier alpha value is -2.03. The van der Waals surface area contributed by atoms with Crippen molar-refractivity contribution in [3.05, 3.63) is 54.4 Å². The lowest BCUT2D eigenvalue weighted by Gasteiger charge is -2.17. The molecule has 1 aromatic carbocycles. The van der Waals surface area contributed by atoms with E-state index in [9.17, 15) is 0 Å². The number of aromatic nitrogens is 1. The molecule has 18 heavy (non-hydrogen) atoms. The molecule has 3 nitrogen and oxygen atoms in total. The van der Waals surface area contributed by atoms with Crippen LogP contribution in [0.15, 0.2) is 48.8 Å². The molecular formula is C15H19N3. The zero-order chi connectivity index (χ0) is 13.0. The quantitative estimate of drug-likeness (QED) is 0.890. The molecule has 0 saturated heterocycles. The molecule has 2 rings (SSSR count). The maximum Gasteiger partial charge on any atom is 0.0531 e. The number of anilines is 2. The summed E-state index contributed by atoms with van der Waals surface area (Å²) in [5, 5.41) is 3.43. The van der Waals surface area contributed by atoms with Crippen LogP contribution in [0.1, 0.15) is 18.5 Å². The second kappa shape index (κ2) is 5.54. The minimum atomic E-state index is 0.269. The molecule has 0 bridgehead atoms. The lowest BCUT2D eigenvalue weighted by Crippen LogP contribution is -2.10. The fourth-order valence-corrected chi connectivity index (χ4v) is 1.84. The molecule has 0 aliphatic carbocycles. The summed E-state index contributed by atoms with van der Waals surface area (Å²) in [6.07, 6.45) is 3.62. The van der Waals surface area contributed by atoms with Gasteiger partial charge in [-0.2, -0.15) is 0 Å². The molecule has 0 spiro atoms. The number of hydrogen-bond acceptors (Lipinski definition) is 3. The van der Waals surface area contributed by atoms with E-state index in [2.05, 4.69) is 46.4 Å². The van der Waals surface area contributed by atoms with Gasteiger partial charge in [-0.15, -0.1) is 0 Å². The van der Waals surface area contributed by atoms with E-state index >= 15 is 0 Å². The van der Waals surface area contributed by atoms with Gasteiger partial charge in [-0.3, -0.25) is 4.98 Å². The highest BCUT2D eigenvalue weighted by molar-refractivity contribution is 5.48. The molecule has 0 saturated carbocycles. The normalized spacial score (nSPS) is 11.9. The molecule has 0 amide bonds. The van der Waals surface area contributed by atoms with Crippen molar-refractivity contribution in [3.8, 4) is 0 Å². The van der Waals surface area contributed by atoms with Gasteiger partial charge >= 0.3 is 0 Å². The van der Waals surface area contributed by atoms with Crippen molar-refractivity contribution in [2.24, 2.45) is 0 Å². The minimum Gasteiger partial charge on any atom is -0.378 e. The van der Waals surface area contributed by atoms with Crippen LogP contribution >= 0.6 is 0 Å². The van der Waals surface area contributed by atoms with E-state index in [4.69, 9.17) is 0 Å². The topological polar surface area (TPSA) is 28.2 Å². The van der Waals surface area contributed by atoms with Gasteiger partial charge in [0, 0.05) is 38.2 Å². The van der Waals surface area contributed by atoms with Crippen molar-refractivity contribution in [1.29, 1.82) is 0 Å². The van der Waals surface area contributed by atoms with Crippen molar-refractivity contribution in [2.75, 3.05) is 24.3 Å². The van der Waals surface area contributed by atoms with Gasteiger partial charge in [0.25, 0.3) is 0 Å². The highest BCUT2D eigenvalue weighted by Crippen LogP contribution is 2.21. The Morgan fingerprint density at radius 2 is 1.83 bits per heavy atom. The standard InChI is InChI=1S/C15H19N3/c1-12(17-14-5-4-10-16-11-14)13-6-8-15(9-7-13)18(2)3/h4-12,17H,1-3H3. The number of nitrogens with one attached hydrogen (secondary N) is 1. The molecular weight excluding hydrogens is 222 g/mol. The average molecular weight is 241 g/mol. The van der Waals surface area contributed by atoms with Crippen LogP contribution in [0.5, 0.6) is 0 Å². The summed E-state index contributed by atoms with van der Waals surface area (Å²) in [7, 11) is 4.10. The number of rotatable bonds is 4. The highest BCUT2D eigenvalue weighted by Gasteiger charge is 2.05. The van der Waals surface area contributed by atoms with Crippen LogP contribution in [-0.2, 0) is 0 Å². The highest BCUT2D eigenvalue weighted by atomic mass is 15.1. The smallest absolute Gasteiger partial charge is 0.0531 e.